The molecule has 0 saturated heterocycles. The van der Waals surface area contributed by atoms with Gasteiger partial charge in [-0.2, -0.15) is 0 Å². The van der Waals surface area contributed by atoms with Gasteiger partial charge in [0.15, 0.2) is 0 Å². The van der Waals surface area contributed by atoms with E-state index in [-0.39, 0.29) is 23.8 Å². The van der Waals surface area contributed by atoms with Gasteiger partial charge >= 0.3 is 5.97 Å². The average molecular weight is 289 g/mol. The first kappa shape index (κ1) is 15.5. The summed E-state index contributed by atoms with van der Waals surface area (Å²) in [6, 6.07) is 10.00. The molecule has 1 unspecified atom stereocenters. The molecule has 1 amide bonds. The second-order valence-electron chi connectivity index (χ2n) is 5.92. The van der Waals surface area contributed by atoms with Crippen molar-refractivity contribution in [2.24, 2.45) is 11.8 Å². The van der Waals surface area contributed by atoms with Crippen LogP contribution < -0.4 is 0 Å². The van der Waals surface area contributed by atoms with Crippen molar-refractivity contribution in [3.05, 3.63) is 35.9 Å². The number of benzene rings is 1. The molecule has 0 spiro atoms. The average Bonchev–Trinajstić information content (AvgIpc) is 2.53. The van der Waals surface area contributed by atoms with Crippen LogP contribution in [0.2, 0.25) is 0 Å². The molecule has 21 heavy (non-hydrogen) atoms. The molecule has 2 rings (SSSR count). The Hall–Kier alpha value is -1.84. The predicted octanol–water partition coefficient (Wildman–Crippen LogP) is 3.10. The third-order valence-electron chi connectivity index (χ3n) is 4.64. The number of carboxylic acid groups (broad SMARTS) is 1. The number of rotatable bonds is 4. The molecule has 1 aromatic carbocycles. The highest BCUT2D eigenvalue weighted by Crippen LogP contribution is 2.31. The number of carbonyl (C=O) groups excluding carboxylic acids is 1. The Labute approximate surface area is 125 Å². The van der Waals surface area contributed by atoms with Crippen LogP contribution in [-0.4, -0.2) is 28.9 Å². The molecule has 0 heterocycles. The van der Waals surface area contributed by atoms with Crippen LogP contribution >= 0.6 is 0 Å². The minimum absolute atomic E-state index is 0.0308. The predicted molar refractivity (Wildman–Crippen MR) is 80.7 cm³/mol. The summed E-state index contributed by atoms with van der Waals surface area (Å²) in [5.41, 5.74) is 1.12. The van der Waals surface area contributed by atoms with Gasteiger partial charge in [-0.15, -0.1) is 0 Å². The van der Waals surface area contributed by atoms with Crippen molar-refractivity contribution in [1.82, 2.24) is 4.90 Å². The standard InChI is InChI=1S/C17H23NO3/c1-12(13-6-4-3-5-7-13)18(2)16(19)14-8-10-15(11-9-14)17(20)21/h3-7,12,14-15H,8-11H2,1-2H3,(H,20,21). The molecule has 0 aromatic heterocycles. The summed E-state index contributed by atoms with van der Waals surface area (Å²) in [6.07, 6.45) is 2.59. The van der Waals surface area contributed by atoms with Gasteiger partial charge < -0.3 is 10.0 Å². The van der Waals surface area contributed by atoms with Crippen molar-refractivity contribution in [3.8, 4) is 0 Å². The van der Waals surface area contributed by atoms with E-state index in [1.54, 1.807) is 4.90 Å². The second kappa shape index (κ2) is 6.74. The van der Waals surface area contributed by atoms with Crippen LogP contribution in [-0.2, 0) is 9.59 Å². The molecule has 1 atom stereocenters. The molecule has 4 heteroatoms. The van der Waals surface area contributed by atoms with E-state index in [9.17, 15) is 9.59 Å². The minimum Gasteiger partial charge on any atom is -0.481 e. The molecule has 0 aliphatic heterocycles. The Balaban J connectivity index is 1.96. The van der Waals surface area contributed by atoms with Gasteiger partial charge in [-0.3, -0.25) is 9.59 Å². The maximum Gasteiger partial charge on any atom is 0.306 e. The van der Waals surface area contributed by atoms with E-state index in [0.717, 1.165) is 5.56 Å². The Morgan fingerprint density at radius 3 is 2.14 bits per heavy atom. The van der Waals surface area contributed by atoms with E-state index in [1.807, 2.05) is 44.3 Å². The summed E-state index contributed by atoms with van der Waals surface area (Å²) in [4.78, 5) is 25.3. The van der Waals surface area contributed by atoms with Crippen LogP contribution in [0.3, 0.4) is 0 Å². The van der Waals surface area contributed by atoms with E-state index < -0.39 is 5.97 Å². The highest BCUT2D eigenvalue weighted by atomic mass is 16.4. The maximum absolute atomic E-state index is 12.6. The largest absolute Gasteiger partial charge is 0.481 e. The van der Waals surface area contributed by atoms with Crippen molar-refractivity contribution < 1.29 is 14.7 Å². The van der Waals surface area contributed by atoms with Crippen LogP contribution in [0.15, 0.2) is 30.3 Å². The topological polar surface area (TPSA) is 57.6 Å². The SMILES string of the molecule is CC(c1ccccc1)N(C)C(=O)C1CCC(C(=O)O)CC1. The van der Waals surface area contributed by atoms with Gasteiger partial charge in [0.2, 0.25) is 5.91 Å². The van der Waals surface area contributed by atoms with Gasteiger partial charge in [0.25, 0.3) is 0 Å². The van der Waals surface area contributed by atoms with Gasteiger partial charge in [-0.1, -0.05) is 30.3 Å². The third kappa shape index (κ3) is 3.63. The fourth-order valence-electron chi connectivity index (χ4n) is 3.02. The first-order valence-corrected chi connectivity index (χ1v) is 7.55. The smallest absolute Gasteiger partial charge is 0.306 e. The van der Waals surface area contributed by atoms with E-state index in [1.165, 1.54) is 0 Å². The molecule has 1 fully saturated rings. The van der Waals surface area contributed by atoms with Crippen LogP contribution in [0.25, 0.3) is 0 Å². The first-order chi connectivity index (χ1) is 10.0. The van der Waals surface area contributed by atoms with Gasteiger partial charge in [0.05, 0.1) is 12.0 Å². The van der Waals surface area contributed by atoms with Gasteiger partial charge in [0, 0.05) is 13.0 Å². The number of carbonyl (C=O) groups is 2. The lowest BCUT2D eigenvalue weighted by Crippen LogP contribution is -2.37. The zero-order valence-corrected chi connectivity index (χ0v) is 12.7. The lowest BCUT2D eigenvalue weighted by atomic mass is 9.81. The molecule has 4 nitrogen and oxygen atoms in total. The lowest BCUT2D eigenvalue weighted by Gasteiger charge is -2.32. The summed E-state index contributed by atoms with van der Waals surface area (Å²) >= 11 is 0. The molecular formula is C17H23NO3. The number of carboxylic acids is 1. The van der Waals surface area contributed by atoms with E-state index in [0.29, 0.717) is 25.7 Å². The molecule has 1 saturated carbocycles. The molecule has 1 aliphatic rings. The van der Waals surface area contributed by atoms with Crippen molar-refractivity contribution in [2.75, 3.05) is 7.05 Å². The fraction of sp³-hybridized carbons (Fsp3) is 0.529. The van der Waals surface area contributed by atoms with Gasteiger partial charge in [0.1, 0.15) is 0 Å². The summed E-state index contributed by atoms with van der Waals surface area (Å²) in [5.74, 6) is -0.898. The zero-order chi connectivity index (χ0) is 15.4. The van der Waals surface area contributed by atoms with Crippen LogP contribution in [0.4, 0.5) is 0 Å². The molecule has 1 aliphatic carbocycles. The molecular weight excluding hydrogens is 266 g/mol. The van der Waals surface area contributed by atoms with E-state index in [4.69, 9.17) is 5.11 Å². The Morgan fingerprint density at radius 1 is 1.10 bits per heavy atom. The van der Waals surface area contributed by atoms with Crippen LogP contribution in [0.1, 0.15) is 44.2 Å². The Bertz CT molecular complexity index is 492. The Kier molecular flexibility index (Phi) is 4.99. The molecule has 0 radical (unpaired) electrons. The van der Waals surface area contributed by atoms with Crippen molar-refractivity contribution in [2.45, 2.75) is 38.6 Å². The van der Waals surface area contributed by atoms with Gasteiger partial charge in [-0.05, 0) is 38.2 Å². The lowest BCUT2D eigenvalue weighted by molar-refractivity contribution is -0.145. The number of nitrogens with zero attached hydrogens (tertiary/aromatic N) is 1. The normalized spacial score (nSPS) is 23.3. The van der Waals surface area contributed by atoms with E-state index >= 15 is 0 Å². The monoisotopic (exact) mass is 289 g/mol. The quantitative estimate of drug-likeness (QED) is 0.926. The maximum atomic E-state index is 12.6. The molecule has 1 aromatic rings. The zero-order valence-electron chi connectivity index (χ0n) is 12.7. The fourth-order valence-corrected chi connectivity index (χ4v) is 3.02. The number of amides is 1. The van der Waals surface area contributed by atoms with Gasteiger partial charge in [-0.25, -0.2) is 0 Å². The van der Waals surface area contributed by atoms with Crippen LogP contribution in [0, 0.1) is 11.8 Å². The summed E-state index contributed by atoms with van der Waals surface area (Å²) < 4.78 is 0. The van der Waals surface area contributed by atoms with Crippen molar-refractivity contribution >= 4 is 11.9 Å². The molecule has 0 bridgehead atoms. The molecule has 1 N–H and O–H groups in total. The number of hydrogen-bond acceptors (Lipinski definition) is 2. The second-order valence-corrected chi connectivity index (χ2v) is 5.92. The van der Waals surface area contributed by atoms with Crippen molar-refractivity contribution in [1.29, 1.82) is 0 Å². The third-order valence-corrected chi connectivity index (χ3v) is 4.64. The minimum atomic E-state index is -0.730. The first-order valence-electron chi connectivity index (χ1n) is 7.55. The van der Waals surface area contributed by atoms with E-state index in [2.05, 4.69) is 0 Å². The highest BCUT2D eigenvalue weighted by molar-refractivity contribution is 5.79. The summed E-state index contributed by atoms with van der Waals surface area (Å²) in [7, 11) is 1.84. The highest BCUT2D eigenvalue weighted by Gasteiger charge is 2.32. The Morgan fingerprint density at radius 2 is 1.62 bits per heavy atom. The number of hydrogen-bond donors (Lipinski definition) is 1. The number of aliphatic carboxylic acids is 1. The van der Waals surface area contributed by atoms with Crippen LogP contribution in [0.5, 0.6) is 0 Å². The summed E-state index contributed by atoms with van der Waals surface area (Å²) in [5, 5.41) is 9.01. The van der Waals surface area contributed by atoms with Crippen molar-refractivity contribution in [3.63, 3.8) is 0 Å². The molecule has 114 valence electrons. The summed E-state index contributed by atoms with van der Waals surface area (Å²) in [6.45, 7) is 2.02.